The molecule has 3 heteroatoms. The second kappa shape index (κ2) is 6.42. The van der Waals surface area contributed by atoms with Crippen molar-refractivity contribution in [2.24, 2.45) is 0 Å². The quantitative estimate of drug-likeness (QED) is 0.641. The summed E-state index contributed by atoms with van der Waals surface area (Å²) in [7, 11) is 1.71. The van der Waals surface area contributed by atoms with Crippen molar-refractivity contribution >= 4 is 0 Å². The van der Waals surface area contributed by atoms with Crippen LogP contribution in [0.5, 0.6) is 5.75 Å². The van der Waals surface area contributed by atoms with E-state index in [2.05, 4.69) is 44.3 Å². The van der Waals surface area contributed by atoms with E-state index < -0.39 is 0 Å². The van der Waals surface area contributed by atoms with Gasteiger partial charge in [-0.2, -0.15) is 5.26 Å². The molecule has 0 bridgehead atoms. The molecule has 0 unspecified atom stereocenters. The molecule has 1 N–H and O–H groups in total. The van der Waals surface area contributed by atoms with Crippen LogP contribution in [0.1, 0.15) is 31.9 Å². The first-order valence-electron chi connectivity index (χ1n) is 6.24. The van der Waals surface area contributed by atoms with Crippen LogP contribution in [0.2, 0.25) is 0 Å². The van der Waals surface area contributed by atoms with E-state index in [9.17, 15) is 0 Å². The minimum absolute atomic E-state index is 0.0709. The highest BCUT2D eigenvalue weighted by Crippen LogP contribution is 2.31. The Bertz CT molecular complexity index is 427. The highest BCUT2D eigenvalue weighted by molar-refractivity contribution is 5.41. The zero-order valence-corrected chi connectivity index (χ0v) is 11.7. The highest BCUT2D eigenvalue weighted by Gasteiger charge is 2.18. The number of nitrogens with one attached hydrogen (secondary N) is 1. The minimum atomic E-state index is 0.0709. The van der Waals surface area contributed by atoms with Crippen LogP contribution >= 0.6 is 0 Å². The van der Waals surface area contributed by atoms with Crippen LogP contribution < -0.4 is 10.1 Å². The highest BCUT2D eigenvalue weighted by atomic mass is 16.5. The van der Waals surface area contributed by atoms with E-state index in [1.54, 1.807) is 7.11 Å². The number of benzene rings is 1. The fourth-order valence-corrected chi connectivity index (χ4v) is 1.87. The second-order valence-electron chi connectivity index (χ2n) is 5.37. The van der Waals surface area contributed by atoms with Crippen molar-refractivity contribution < 1.29 is 4.74 Å². The van der Waals surface area contributed by atoms with Crippen LogP contribution in [0.25, 0.3) is 0 Å². The fraction of sp³-hybridized carbons (Fsp3) is 0.533. The van der Waals surface area contributed by atoms with Crippen molar-refractivity contribution in [3.05, 3.63) is 29.3 Å². The molecule has 3 nitrogen and oxygen atoms in total. The summed E-state index contributed by atoms with van der Waals surface area (Å²) in [6.07, 6.45) is 0.925. The van der Waals surface area contributed by atoms with Gasteiger partial charge >= 0.3 is 0 Å². The smallest absolute Gasteiger partial charge is 0.122 e. The standard InChI is InChI=1S/C15H22N2O/c1-15(2,3)13-11-12(5-6-14(13)18-4)7-9-17-10-8-16/h5-6,11,17H,7,9-10H2,1-4H3. The normalized spacial score (nSPS) is 11.1. The molecule has 0 saturated carbocycles. The Labute approximate surface area is 110 Å². The number of hydrogen-bond acceptors (Lipinski definition) is 3. The van der Waals surface area contributed by atoms with E-state index in [1.165, 1.54) is 11.1 Å². The van der Waals surface area contributed by atoms with E-state index in [-0.39, 0.29) is 5.41 Å². The van der Waals surface area contributed by atoms with Crippen molar-refractivity contribution in [2.75, 3.05) is 20.2 Å². The van der Waals surface area contributed by atoms with E-state index in [0.29, 0.717) is 6.54 Å². The van der Waals surface area contributed by atoms with Gasteiger partial charge in [0.05, 0.1) is 19.7 Å². The zero-order valence-electron chi connectivity index (χ0n) is 11.7. The van der Waals surface area contributed by atoms with Gasteiger partial charge in [0.2, 0.25) is 0 Å². The van der Waals surface area contributed by atoms with Crippen LogP contribution in [0.3, 0.4) is 0 Å². The average Bonchev–Trinajstić information content (AvgIpc) is 2.33. The third-order valence-corrected chi connectivity index (χ3v) is 2.87. The Balaban J connectivity index is 2.81. The molecule has 1 aromatic rings. The van der Waals surface area contributed by atoms with E-state index in [1.807, 2.05) is 6.07 Å². The number of hydrogen-bond donors (Lipinski definition) is 1. The molecule has 0 heterocycles. The number of rotatable bonds is 5. The zero-order chi connectivity index (χ0) is 13.6. The number of ether oxygens (including phenoxy) is 1. The van der Waals surface area contributed by atoms with Gasteiger partial charge in [-0.1, -0.05) is 32.9 Å². The molecule has 0 aromatic heterocycles. The van der Waals surface area contributed by atoms with Gasteiger partial charge in [0.25, 0.3) is 0 Å². The maximum Gasteiger partial charge on any atom is 0.122 e. The van der Waals surface area contributed by atoms with Gasteiger partial charge in [-0.25, -0.2) is 0 Å². The molecule has 0 fully saturated rings. The maximum atomic E-state index is 8.45. The van der Waals surface area contributed by atoms with Crippen LogP contribution in [0, 0.1) is 11.3 Å². The molecule has 0 spiro atoms. The van der Waals surface area contributed by atoms with Crippen molar-refractivity contribution in [2.45, 2.75) is 32.6 Å². The number of nitrogens with zero attached hydrogens (tertiary/aromatic N) is 1. The largest absolute Gasteiger partial charge is 0.496 e. The summed E-state index contributed by atoms with van der Waals surface area (Å²) in [5, 5.41) is 11.5. The molecule has 98 valence electrons. The average molecular weight is 246 g/mol. The van der Waals surface area contributed by atoms with Crippen LogP contribution in [-0.4, -0.2) is 20.2 Å². The van der Waals surface area contributed by atoms with Crippen LogP contribution in [0.4, 0.5) is 0 Å². The number of nitriles is 1. The molecular weight excluding hydrogens is 224 g/mol. The third kappa shape index (κ3) is 4.05. The first-order chi connectivity index (χ1) is 8.49. The van der Waals surface area contributed by atoms with Gasteiger partial charge in [-0.3, -0.25) is 0 Å². The third-order valence-electron chi connectivity index (χ3n) is 2.87. The molecule has 0 radical (unpaired) electrons. The SMILES string of the molecule is COc1ccc(CCNCC#N)cc1C(C)(C)C. The lowest BCUT2D eigenvalue weighted by atomic mass is 9.85. The molecule has 0 aliphatic heterocycles. The van der Waals surface area contributed by atoms with Gasteiger partial charge in [-0.05, 0) is 29.0 Å². The Morgan fingerprint density at radius 2 is 2.06 bits per heavy atom. The van der Waals surface area contributed by atoms with Gasteiger partial charge in [-0.15, -0.1) is 0 Å². The van der Waals surface area contributed by atoms with Crippen molar-refractivity contribution in [3.63, 3.8) is 0 Å². The Morgan fingerprint density at radius 1 is 1.33 bits per heavy atom. The molecule has 0 atom stereocenters. The molecule has 1 aromatic carbocycles. The van der Waals surface area contributed by atoms with E-state index in [4.69, 9.17) is 10.00 Å². The summed E-state index contributed by atoms with van der Waals surface area (Å²) in [5.41, 5.74) is 2.57. The van der Waals surface area contributed by atoms with Gasteiger partial charge in [0, 0.05) is 6.54 Å². The molecular formula is C15H22N2O. The molecule has 1 rings (SSSR count). The predicted octanol–water partition coefficient (Wildman–Crippen LogP) is 2.65. The maximum absolute atomic E-state index is 8.45. The van der Waals surface area contributed by atoms with Crippen molar-refractivity contribution in [1.29, 1.82) is 5.26 Å². The lowest BCUT2D eigenvalue weighted by Gasteiger charge is -2.23. The van der Waals surface area contributed by atoms with Gasteiger partial charge in [0.1, 0.15) is 5.75 Å². The molecule has 18 heavy (non-hydrogen) atoms. The van der Waals surface area contributed by atoms with Gasteiger partial charge in [0.15, 0.2) is 0 Å². The van der Waals surface area contributed by atoms with Crippen molar-refractivity contribution in [3.8, 4) is 11.8 Å². The summed E-state index contributed by atoms with van der Waals surface area (Å²) in [4.78, 5) is 0. The predicted molar refractivity (Wildman–Crippen MR) is 73.9 cm³/mol. The summed E-state index contributed by atoms with van der Waals surface area (Å²) in [6, 6.07) is 8.39. The molecule has 0 aliphatic carbocycles. The minimum Gasteiger partial charge on any atom is -0.496 e. The molecule has 0 amide bonds. The first-order valence-corrected chi connectivity index (χ1v) is 6.24. The van der Waals surface area contributed by atoms with Crippen molar-refractivity contribution in [1.82, 2.24) is 5.32 Å². The Morgan fingerprint density at radius 3 is 2.61 bits per heavy atom. The summed E-state index contributed by atoms with van der Waals surface area (Å²) < 4.78 is 5.41. The summed E-state index contributed by atoms with van der Waals surface area (Å²) >= 11 is 0. The van der Waals surface area contributed by atoms with E-state index in [0.717, 1.165) is 18.7 Å². The van der Waals surface area contributed by atoms with E-state index >= 15 is 0 Å². The molecule has 0 saturated heterocycles. The molecule has 0 aliphatic rings. The lowest BCUT2D eigenvalue weighted by molar-refractivity contribution is 0.397. The lowest BCUT2D eigenvalue weighted by Crippen LogP contribution is -2.18. The Hall–Kier alpha value is -1.53. The summed E-state index contributed by atoms with van der Waals surface area (Å²) in [5.74, 6) is 0.941. The first kappa shape index (κ1) is 14.5. The summed E-state index contributed by atoms with van der Waals surface area (Å²) in [6.45, 7) is 7.78. The Kier molecular flexibility index (Phi) is 5.18. The second-order valence-corrected chi connectivity index (χ2v) is 5.37. The number of methoxy groups -OCH3 is 1. The topological polar surface area (TPSA) is 45.0 Å². The van der Waals surface area contributed by atoms with Gasteiger partial charge < -0.3 is 10.1 Å². The van der Waals surface area contributed by atoms with Crippen LogP contribution in [0.15, 0.2) is 18.2 Å². The van der Waals surface area contributed by atoms with Crippen LogP contribution in [-0.2, 0) is 11.8 Å². The fourth-order valence-electron chi connectivity index (χ4n) is 1.87. The monoisotopic (exact) mass is 246 g/mol.